The molecule has 4 nitrogen and oxygen atoms in total. The minimum absolute atomic E-state index is 0.794. The van der Waals surface area contributed by atoms with Gasteiger partial charge in [0.15, 0.2) is 0 Å². The molecule has 1 fully saturated rings. The van der Waals surface area contributed by atoms with Crippen molar-refractivity contribution in [1.29, 1.82) is 0 Å². The van der Waals surface area contributed by atoms with Crippen molar-refractivity contribution < 1.29 is 0 Å². The highest BCUT2D eigenvalue weighted by Gasteiger charge is 2.11. The Kier molecular flexibility index (Phi) is 5.03. The van der Waals surface area contributed by atoms with Gasteiger partial charge >= 0.3 is 0 Å². The van der Waals surface area contributed by atoms with Crippen LogP contribution in [-0.2, 0) is 13.6 Å². The van der Waals surface area contributed by atoms with Crippen molar-refractivity contribution in [3.63, 3.8) is 0 Å². The van der Waals surface area contributed by atoms with E-state index >= 15 is 0 Å². The first-order valence-corrected chi connectivity index (χ1v) is 7.17. The van der Waals surface area contributed by atoms with Crippen molar-refractivity contribution in [3.05, 3.63) is 16.4 Å². The Morgan fingerprint density at radius 1 is 1.28 bits per heavy atom. The maximum Gasteiger partial charge on any atom is 0.0860 e. The first kappa shape index (κ1) is 13.8. The quantitative estimate of drug-likeness (QED) is 0.831. The topological polar surface area (TPSA) is 33.1 Å². The molecule has 1 aromatic heterocycles. The first-order valence-electron chi connectivity index (χ1n) is 6.79. The van der Waals surface area contributed by atoms with Crippen LogP contribution in [0, 0.1) is 6.92 Å². The van der Waals surface area contributed by atoms with Crippen molar-refractivity contribution in [1.82, 2.24) is 20.0 Å². The number of nitrogens with one attached hydrogen (secondary N) is 1. The Morgan fingerprint density at radius 3 is 2.61 bits per heavy atom. The van der Waals surface area contributed by atoms with E-state index in [4.69, 9.17) is 11.6 Å². The summed E-state index contributed by atoms with van der Waals surface area (Å²) in [5.41, 5.74) is 1.99. The van der Waals surface area contributed by atoms with E-state index in [-0.39, 0.29) is 0 Å². The molecule has 0 atom stereocenters. The van der Waals surface area contributed by atoms with Gasteiger partial charge in [-0.25, -0.2) is 0 Å². The Morgan fingerprint density at radius 2 is 2.00 bits per heavy atom. The fraction of sp³-hybridized carbons (Fsp3) is 0.769. The summed E-state index contributed by atoms with van der Waals surface area (Å²) >= 11 is 6.21. The minimum atomic E-state index is 0.794. The third-order valence-electron chi connectivity index (χ3n) is 3.61. The second-order valence-corrected chi connectivity index (χ2v) is 5.43. The van der Waals surface area contributed by atoms with Crippen molar-refractivity contribution >= 4 is 11.6 Å². The molecule has 0 saturated carbocycles. The van der Waals surface area contributed by atoms with Crippen molar-refractivity contribution in [2.24, 2.45) is 7.05 Å². The zero-order chi connectivity index (χ0) is 13.0. The van der Waals surface area contributed by atoms with Crippen LogP contribution in [0.15, 0.2) is 0 Å². The van der Waals surface area contributed by atoms with Gasteiger partial charge in [0.2, 0.25) is 0 Å². The summed E-state index contributed by atoms with van der Waals surface area (Å²) in [6.45, 7) is 7.40. The van der Waals surface area contributed by atoms with Crippen molar-refractivity contribution in [2.45, 2.75) is 32.7 Å². The Balaban J connectivity index is 1.71. The number of piperidine rings is 1. The van der Waals surface area contributed by atoms with E-state index < -0.39 is 0 Å². The van der Waals surface area contributed by atoms with E-state index in [0.29, 0.717) is 0 Å². The first-order chi connectivity index (χ1) is 8.68. The standard InChI is InChI=1S/C13H23ClN4/c1-11-13(14)12(17(2)16-11)10-15-6-9-18-7-4-3-5-8-18/h15H,3-10H2,1-2H3. The lowest BCUT2D eigenvalue weighted by atomic mass is 10.1. The Bertz CT molecular complexity index is 383. The maximum atomic E-state index is 6.21. The van der Waals surface area contributed by atoms with Gasteiger partial charge in [0.05, 0.1) is 16.4 Å². The van der Waals surface area contributed by atoms with E-state index in [2.05, 4.69) is 15.3 Å². The number of rotatable bonds is 5. The van der Waals surface area contributed by atoms with Gasteiger partial charge in [-0.2, -0.15) is 5.10 Å². The highest BCUT2D eigenvalue weighted by Crippen LogP contribution is 2.18. The van der Waals surface area contributed by atoms with Crippen LogP contribution in [0.5, 0.6) is 0 Å². The Hall–Kier alpha value is -0.580. The van der Waals surface area contributed by atoms with Gasteiger partial charge in [-0.3, -0.25) is 4.68 Å². The van der Waals surface area contributed by atoms with E-state index in [0.717, 1.165) is 36.0 Å². The molecule has 0 bridgehead atoms. The van der Waals surface area contributed by atoms with Crippen LogP contribution >= 0.6 is 11.6 Å². The summed E-state index contributed by atoms with van der Waals surface area (Å²) in [7, 11) is 1.94. The molecule has 0 aliphatic carbocycles. The zero-order valence-electron chi connectivity index (χ0n) is 11.4. The average Bonchev–Trinajstić information content (AvgIpc) is 2.61. The van der Waals surface area contributed by atoms with Crippen LogP contribution < -0.4 is 5.32 Å². The van der Waals surface area contributed by atoms with Crippen molar-refractivity contribution in [2.75, 3.05) is 26.2 Å². The molecule has 0 spiro atoms. The highest BCUT2D eigenvalue weighted by atomic mass is 35.5. The zero-order valence-corrected chi connectivity index (χ0v) is 12.1. The number of halogens is 1. The van der Waals surface area contributed by atoms with Crippen molar-refractivity contribution in [3.8, 4) is 0 Å². The number of likely N-dealkylation sites (tertiary alicyclic amines) is 1. The summed E-state index contributed by atoms with van der Waals surface area (Å²) in [6.07, 6.45) is 4.10. The lowest BCUT2D eigenvalue weighted by Crippen LogP contribution is -2.35. The molecule has 2 rings (SSSR count). The molecule has 0 unspecified atom stereocenters. The fourth-order valence-corrected chi connectivity index (χ4v) is 2.73. The monoisotopic (exact) mass is 270 g/mol. The molecule has 1 saturated heterocycles. The summed E-state index contributed by atoms with van der Waals surface area (Å²) in [5.74, 6) is 0. The smallest absolute Gasteiger partial charge is 0.0860 e. The molecular weight excluding hydrogens is 248 g/mol. The Labute approximate surface area is 114 Å². The summed E-state index contributed by atoms with van der Waals surface area (Å²) in [6, 6.07) is 0. The highest BCUT2D eigenvalue weighted by molar-refractivity contribution is 6.31. The van der Waals surface area contributed by atoms with Gasteiger partial charge in [-0.05, 0) is 32.9 Å². The van der Waals surface area contributed by atoms with Crippen LogP contribution in [0.3, 0.4) is 0 Å². The summed E-state index contributed by atoms with van der Waals surface area (Å²) in [5, 5.41) is 8.56. The third-order valence-corrected chi connectivity index (χ3v) is 4.10. The number of nitrogens with zero attached hydrogens (tertiary/aromatic N) is 3. The molecule has 1 aromatic rings. The molecule has 0 aromatic carbocycles. The second kappa shape index (κ2) is 6.55. The predicted octanol–water partition coefficient (Wildman–Crippen LogP) is 1.96. The number of aromatic nitrogens is 2. The summed E-state index contributed by atoms with van der Waals surface area (Å²) < 4.78 is 1.87. The van der Waals surface area contributed by atoms with Crippen LogP contribution in [0.2, 0.25) is 5.02 Å². The van der Waals surface area contributed by atoms with Gasteiger partial charge in [0, 0.05) is 26.7 Å². The minimum Gasteiger partial charge on any atom is -0.310 e. The van der Waals surface area contributed by atoms with E-state index in [1.54, 1.807) is 0 Å². The maximum absolute atomic E-state index is 6.21. The molecule has 18 heavy (non-hydrogen) atoms. The molecule has 1 aliphatic rings. The van der Waals surface area contributed by atoms with E-state index in [1.165, 1.54) is 32.4 Å². The van der Waals surface area contributed by atoms with Gasteiger partial charge < -0.3 is 10.2 Å². The van der Waals surface area contributed by atoms with Gasteiger partial charge in [-0.1, -0.05) is 18.0 Å². The van der Waals surface area contributed by atoms with Crippen LogP contribution in [0.25, 0.3) is 0 Å². The van der Waals surface area contributed by atoms with Gasteiger partial charge in [0.25, 0.3) is 0 Å². The number of hydrogen-bond donors (Lipinski definition) is 1. The van der Waals surface area contributed by atoms with Crippen LogP contribution in [0.1, 0.15) is 30.7 Å². The molecule has 1 N–H and O–H groups in total. The molecule has 0 radical (unpaired) electrons. The third kappa shape index (κ3) is 3.46. The van der Waals surface area contributed by atoms with E-state index in [9.17, 15) is 0 Å². The van der Waals surface area contributed by atoms with Gasteiger partial charge in [0.1, 0.15) is 0 Å². The normalized spacial score (nSPS) is 17.3. The molecule has 5 heteroatoms. The molecule has 1 aliphatic heterocycles. The largest absolute Gasteiger partial charge is 0.310 e. The number of aryl methyl sites for hydroxylation is 2. The summed E-state index contributed by atoms with van der Waals surface area (Å²) in [4.78, 5) is 2.53. The molecular formula is C13H23ClN4. The molecule has 102 valence electrons. The van der Waals surface area contributed by atoms with Gasteiger partial charge in [-0.15, -0.1) is 0 Å². The molecule has 2 heterocycles. The average molecular weight is 271 g/mol. The lowest BCUT2D eigenvalue weighted by molar-refractivity contribution is 0.229. The van der Waals surface area contributed by atoms with E-state index in [1.807, 2.05) is 18.7 Å². The number of hydrogen-bond acceptors (Lipinski definition) is 3. The molecule has 0 amide bonds. The second-order valence-electron chi connectivity index (χ2n) is 5.05. The predicted molar refractivity (Wildman–Crippen MR) is 75.0 cm³/mol. The van der Waals surface area contributed by atoms with Crippen LogP contribution in [-0.4, -0.2) is 40.9 Å². The SMILES string of the molecule is Cc1nn(C)c(CNCCN2CCCCC2)c1Cl. The van der Waals surface area contributed by atoms with Crippen LogP contribution in [0.4, 0.5) is 0 Å². The lowest BCUT2D eigenvalue weighted by Gasteiger charge is -2.26. The fourth-order valence-electron chi connectivity index (χ4n) is 2.50.